The molecule has 1 aromatic carbocycles. The monoisotopic (exact) mass is 430 g/mol. The van der Waals surface area contributed by atoms with Crippen LogP contribution in [0.2, 0.25) is 0 Å². The van der Waals surface area contributed by atoms with Crippen molar-refractivity contribution in [2.75, 3.05) is 18.1 Å². The maximum absolute atomic E-state index is 12.1. The second-order valence-electron chi connectivity index (χ2n) is 5.83. The maximum Gasteiger partial charge on any atom is 0.573 e. The van der Waals surface area contributed by atoms with Crippen LogP contribution in [-0.4, -0.2) is 53.2 Å². The number of halogens is 3. The van der Waals surface area contributed by atoms with E-state index in [0.29, 0.717) is 6.42 Å². The molecule has 2 N–H and O–H groups in total. The van der Waals surface area contributed by atoms with Crippen LogP contribution in [0, 0.1) is 0 Å². The minimum atomic E-state index is -4.88. The summed E-state index contributed by atoms with van der Waals surface area (Å²) >= 11 is 0. The molecule has 27 heavy (non-hydrogen) atoms. The van der Waals surface area contributed by atoms with Crippen LogP contribution in [0.4, 0.5) is 13.2 Å². The van der Waals surface area contributed by atoms with Gasteiger partial charge in [-0.25, -0.2) is 21.6 Å². The molecule has 0 radical (unpaired) electrons. The van der Waals surface area contributed by atoms with Gasteiger partial charge < -0.3 is 10.1 Å². The highest BCUT2D eigenvalue weighted by molar-refractivity contribution is 7.91. The summed E-state index contributed by atoms with van der Waals surface area (Å²) in [5.74, 6) is -1.21. The molecule has 1 aliphatic heterocycles. The molecule has 0 aliphatic carbocycles. The number of hydrogen-bond donors (Lipinski definition) is 2. The lowest BCUT2D eigenvalue weighted by Crippen LogP contribution is -2.37. The summed E-state index contributed by atoms with van der Waals surface area (Å²) in [6, 6.07) is 3.10. The van der Waals surface area contributed by atoms with Crippen LogP contribution in [-0.2, 0) is 24.7 Å². The largest absolute Gasteiger partial charge is 0.573 e. The van der Waals surface area contributed by atoms with Crippen molar-refractivity contribution in [2.45, 2.75) is 30.1 Å². The maximum atomic E-state index is 12.1. The Hall–Kier alpha value is -1.86. The Morgan fingerprint density at radius 3 is 2.37 bits per heavy atom. The van der Waals surface area contributed by atoms with E-state index in [4.69, 9.17) is 0 Å². The number of ether oxygens (including phenoxy) is 1. The fourth-order valence-electron chi connectivity index (χ4n) is 2.41. The van der Waals surface area contributed by atoms with E-state index in [9.17, 15) is 34.8 Å². The lowest BCUT2D eigenvalue weighted by atomic mass is 10.2. The van der Waals surface area contributed by atoms with E-state index in [1.165, 1.54) is 0 Å². The molecule has 13 heteroatoms. The zero-order valence-electron chi connectivity index (χ0n) is 13.8. The molecule has 1 aliphatic rings. The van der Waals surface area contributed by atoms with Gasteiger partial charge in [-0.05, 0) is 30.7 Å². The van der Waals surface area contributed by atoms with Gasteiger partial charge in [-0.15, -0.1) is 13.2 Å². The highest BCUT2D eigenvalue weighted by atomic mass is 32.2. The Bertz CT molecular complexity index is 882. The van der Waals surface area contributed by atoms with Crippen molar-refractivity contribution in [1.82, 2.24) is 10.0 Å². The van der Waals surface area contributed by atoms with E-state index in [1.54, 1.807) is 0 Å². The number of alkyl halides is 3. The number of carbonyl (C=O) groups excluding carboxylic acids is 1. The third-order valence-corrected chi connectivity index (χ3v) is 6.85. The summed E-state index contributed by atoms with van der Waals surface area (Å²) in [6.45, 7) is -0.256. The molecule has 152 valence electrons. The Morgan fingerprint density at radius 1 is 1.22 bits per heavy atom. The van der Waals surface area contributed by atoms with Crippen molar-refractivity contribution in [1.29, 1.82) is 0 Å². The fraction of sp³-hybridized carbons (Fsp3) is 0.500. The molecule has 0 aromatic heterocycles. The van der Waals surface area contributed by atoms with Gasteiger partial charge in [-0.2, -0.15) is 0 Å². The average molecular weight is 430 g/mol. The SMILES string of the molecule is O=C(CCNS(=O)(=O)c1ccc(OC(F)(F)F)cc1)N[C@@H]1CCS(=O)(=O)C1. The van der Waals surface area contributed by atoms with Gasteiger partial charge in [0.05, 0.1) is 16.4 Å². The van der Waals surface area contributed by atoms with Gasteiger partial charge in [0.15, 0.2) is 9.84 Å². The van der Waals surface area contributed by atoms with E-state index in [2.05, 4.69) is 14.8 Å². The molecule has 0 unspecified atom stereocenters. The number of sulfonamides is 1. The predicted molar refractivity (Wildman–Crippen MR) is 88.1 cm³/mol. The second-order valence-corrected chi connectivity index (χ2v) is 9.83. The molecule has 1 fully saturated rings. The highest BCUT2D eigenvalue weighted by Gasteiger charge is 2.31. The summed E-state index contributed by atoms with van der Waals surface area (Å²) in [5.41, 5.74) is 0. The molecule has 1 saturated heterocycles. The van der Waals surface area contributed by atoms with Crippen LogP contribution < -0.4 is 14.8 Å². The number of hydrogen-bond acceptors (Lipinski definition) is 6. The zero-order valence-corrected chi connectivity index (χ0v) is 15.5. The first-order valence-corrected chi connectivity index (χ1v) is 11.0. The van der Waals surface area contributed by atoms with Crippen molar-refractivity contribution < 1.29 is 39.5 Å². The third kappa shape index (κ3) is 6.99. The summed E-state index contributed by atoms with van der Waals surface area (Å²) in [4.78, 5) is 11.5. The van der Waals surface area contributed by atoms with Crippen molar-refractivity contribution >= 4 is 25.8 Å². The van der Waals surface area contributed by atoms with Crippen LogP contribution in [0.1, 0.15) is 12.8 Å². The van der Waals surface area contributed by atoms with Crippen LogP contribution in [0.5, 0.6) is 5.75 Å². The van der Waals surface area contributed by atoms with E-state index >= 15 is 0 Å². The van der Waals surface area contributed by atoms with E-state index in [1.807, 2.05) is 0 Å². The van der Waals surface area contributed by atoms with E-state index in [0.717, 1.165) is 24.3 Å². The number of amides is 1. The molecule has 0 bridgehead atoms. The van der Waals surface area contributed by atoms with Gasteiger partial charge in [-0.3, -0.25) is 4.79 Å². The molecule has 0 spiro atoms. The van der Waals surface area contributed by atoms with E-state index < -0.39 is 43.9 Å². The van der Waals surface area contributed by atoms with Crippen LogP contribution in [0.15, 0.2) is 29.2 Å². The molecule has 1 aromatic rings. The normalized spacial score (nSPS) is 19.6. The molecule has 1 amide bonds. The second kappa shape index (κ2) is 8.02. The summed E-state index contributed by atoms with van der Waals surface area (Å²) in [5, 5.41) is 2.51. The highest BCUT2D eigenvalue weighted by Crippen LogP contribution is 2.23. The first kappa shape index (κ1) is 21.4. The smallest absolute Gasteiger partial charge is 0.406 e. The van der Waals surface area contributed by atoms with Crippen LogP contribution in [0.3, 0.4) is 0 Å². The quantitative estimate of drug-likeness (QED) is 0.653. The summed E-state index contributed by atoms with van der Waals surface area (Å²) in [6.07, 6.45) is -4.79. The predicted octanol–water partition coefficient (Wildman–Crippen LogP) is 0.557. The van der Waals surface area contributed by atoms with Crippen molar-refractivity contribution in [3.05, 3.63) is 24.3 Å². The van der Waals surface area contributed by atoms with Crippen molar-refractivity contribution in [2.24, 2.45) is 0 Å². The van der Waals surface area contributed by atoms with Gasteiger partial charge in [0.1, 0.15) is 5.75 Å². The number of sulfone groups is 1. The number of carbonyl (C=O) groups is 1. The summed E-state index contributed by atoms with van der Waals surface area (Å²) < 4.78 is 88.8. The Morgan fingerprint density at radius 2 is 1.85 bits per heavy atom. The molecular weight excluding hydrogens is 413 g/mol. The summed E-state index contributed by atoms with van der Waals surface area (Å²) in [7, 11) is -7.17. The fourth-order valence-corrected chi connectivity index (χ4v) is 5.12. The van der Waals surface area contributed by atoms with Crippen LogP contribution >= 0.6 is 0 Å². The van der Waals surface area contributed by atoms with Gasteiger partial charge in [0.25, 0.3) is 0 Å². The molecule has 0 saturated carbocycles. The van der Waals surface area contributed by atoms with Gasteiger partial charge in [0, 0.05) is 19.0 Å². The van der Waals surface area contributed by atoms with E-state index in [-0.39, 0.29) is 29.4 Å². The number of benzene rings is 1. The number of rotatable bonds is 7. The standard InChI is InChI=1S/C14H17F3N2O6S2/c15-14(16,17)25-11-1-3-12(4-2-11)27(23,24)18-7-5-13(20)19-10-6-8-26(21,22)9-10/h1-4,10,18H,5-9H2,(H,19,20)/t10-/m1/s1. The van der Waals surface area contributed by atoms with Crippen molar-refractivity contribution in [3.8, 4) is 5.75 Å². The first-order chi connectivity index (χ1) is 12.4. The Kier molecular flexibility index (Phi) is 6.37. The average Bonchev–Trinajstić information content (AvgIpc) is 2.84. The zero-order chi connectivity index (χ0) is 20.3. The Balaban J connectivity index is 1.83. The Labute approximate surface area is 154 Å². The topological polar surface area (TPSA) is 119 Å². The van der Waals surface area contributed by atoms with Gasteiger partial charge in [0.2, 0.25) is 15.9 Å². The minimum Gasteiger partial charge on any atom is -0.406 e. The molecule has 2 rings (SSSR count). The first-order valence-electron chi connectivity index (χ1n) is 7.72. The van der Waals surface area contributed by atoms with Crippen LogP contribution in [0.25, 0.3) is 0 Å². The molecular formula is C14H17F3N2O6S2. The molecule has 8 nitrogen and oxygen atoms in total. The van der Waals surface area contributed by atoms with Gasteiger partial charge >= 0.3 is 6.36 Å². The minimum absolute atomic E-state index is 0.00136. The third-order valence-electron chi connectivity index (χ3n) is 3.61. The lowest BCUT2D eigenvalue weighted by molar-refractivity contribution is -0.274. The van der Waals surface area contributed by atoms with Crippen molar-refractivity contribution in [3.63, 3.8) is 0 Å². The lowest BCUT2D eigenvalue weighted by Gasteiger charge is -2.12. The number of nitrogens with one attached hydrogen (secondary N) is 2. The molecule has 1 heterocycles. The van der Waals surface area contributed by atoms with Gasteiger partial charge in [-0.1, -0.05) is 0 Å². The molecule has 1 atom stereocenters.